The lowest BCUT2D eigenvalue weighted by molar-refractivity contribution is 0.0971. The number of anilines is 1. The van der Waals surface area contributed by atoms with Crippen LogP contribution in [0.25, 0.3) is 21.2 Å². The number of amides is 1. The van der Waals surface area contributed by atoms with E-state index in [1.54, 1.807) is 36.3 Å². The largest absolute Gasteiger partial charge is 0.497 e. The van der Waals surface area contributed by atoms with Crippen LogP contribution in [-0.4, -0.2) is 24.6 Å². The standard InChI is InChI=1S/C27H20N2O5S/c1-3-33-16-10-8-15(9-11-16)23-22-24(30)18-6-4-5-7-20(18)34-25(22)26(31)29(23)27-28-19-13-12-17(32-2)14-21(19)35-27/h4-14,23H,3H2,1-2H3. The molecule has 1 aliphatic heterocycles. The summed E-state index contributed by atoms with van der Waals surface area (Å²) in [5.41, 5.74) is 1.98. The number of benzene rings is 3. The van der Waals surface area contributed by atoms with Gasteiger partial charge >= 0.3 is 0 Å². The quantitative estimate of drug-likeness (QED) is 0.325. The highest BCUT2D eigenvalue weighted by molar-refractivity contribution is 7.22. The topological polar surface area (TPSA) is 81.9 Å². The molecule has 7 nitrogen and oxygen atoms in total. The van der Waals surface area contributed by atoms with Crippen LogP contribution in [0.5, 0.6) is 11.5 Å². The van der Waals surface area contributed by atoms with E-state index in [9.17, 15) is 9.59 Å². The number of nitrogens with zero attached hydrogens (tertiary/aromatic N) is 2. The third kappa shape index (κ3) is 3.37. The van der Waals surface area contributed by atoms with Crippen molar-refractivity contribution in [2.75, 3.05) is 18.6 Å². The molecule has 0 saturated carbocycles. The lowest BCUT2D eigenvalue weighted by Crippen LogP contribution is -2.29. The van der Waals surface area contributed by atoms with Gasteiger partial charge in [0.15, 0.2) is 10.6 Å². The normalized spacial score (nSPS) is 15.1. The van der Waals surface area contributed by atoms with E-state index >= 15 is 0 Å². The Morgan fingerprint density at radius 2 is 1.80 bits per heavy atom. The summed E-state index contributed by atoms with van der Waals surface area (Å²) in [4.78, 5) is 33.7. The maximum Gasteiger partial charge on any atom is 0.297 e. The highest BCUT2D eigenvalue weighted by atomic mass is 32.1. The van der Waals surface area contributed by atoms with Gasteiger partial charge in [0, 0.05) is 0 Å². The first-order valence-corrected chi connectivity index (χ1v) is 12.0. The fraction of sp³-hybridized carbons (Fsp3) is 0.148. The number of fused-ring (bicyclic) bond motifs is 3. The molecule has 0 aliphatic carbocycles. The number of carbonyl (C=O) groups excluding carboxylic acids is 1. The van der Waals surface area contributed by atoms with Crippen LogP contribution < -0.4 is 19.8 Å². The monoisotopic (exact) mass is 484 g/mol. The first kappa shape index (κ1) is 21.4. The van der Waals surface area contributed by atoms with Crippen molar-refractivity contribution in [1.29, 1.82) is 0 Å². The average molecular weight is 485 g/mol. The first-order valence-electron chi connectivity index (χ1n) is 11.2. The van der Waals surface area contributed by atoms with Gasteiger partial charge in [-0.2, -0.15) is 0 Å². The number of ether oxygens (including phenoxy) is 2. The van der Waals surface area contributed by atoms with Crippen LogP contribution in [0.15, 0.2) is 75.9 Å². The van der Waals surface area contributed by atoms with Gasteiger partial charge in [-0.05, 0) is 55.0 Å². The molecule has 0 fully saturated rings. The summed E-state index contributed by atoms with van der Waals surface area (Å²) < 4.78 is 17.8. The van der Waals surface area contributed by atoms with Crippen molar-refractivity contribution in [3.8, 4) is 11.5 Å². The minimum Gasteiger partial charge on any atom is -0.497 e. The van der Waals surface area contributed by atoms with Gasteiger partial charge in [-0.15, -0.1) is 0 Å². The van der Waals surface area contributed by atoms with Gasteiger partial charge in [-0.3, -0.25) is 14.5 Å². The molecule has 1 aliphatic rings. The lowest BCUT2D eigenvalue weighted by atomic mass is 9.98. The van der Waals surface area contributed by atoms with Crippen molar-refractivity contribution in [2.24, 2.45) is 0 Å². The molecule has 35 heavy (non-hydrogen) atoms. The van der Waals surface area contributed by atoms with Gasteiger partial charge < -0.3 is 13.9 Å². The summed E-state index contributed by atoms with van der Waals surface area (Å²) in [6.45, 7) is 2.46. The number of hydrogen-bond acceptors (Lipinski definition) is 7. The summed E-state index contributed by atoms with van der Waals surface area (Å²) in [5.74, 6) is 1.07. The molecule has 1 unspecified atom stereocenters. The molecule has 5 aromatic rings. The third-order valence-electron chi connectivity index (χ3n) is 6.07. The minimum atomic E-state index is -0.684. The van der Waals surface area contributed by atoms with Crippen molar-refractivity contribution >= 4 is 43.6 Å². The first-order chi connectivity index (χ1) is 17.1. The number of hydrogen-bond donors (Lipinski definition) is 0. The molecule has 0 bridgehead atoms. The van der Waals surface area contributed by atoms with E-state index in [0.717, 1.165) is 15.8 Å². The summed E-state index contributed by atoms with van der Waals surface area (Å²) >= 11 is 1.36. The molecular formula is C27H20N2O5S. The fourth-order valence-electron chi connectivity index (χ4n) is 4.47. The smallest absolute Gasteiger partial charge is 0.297 e. The number of para-hydroxylation sites is 1. The Labute approximate surface area is 204 Å². The number of carbonyl (C=O) groups is 1. The molecule has 0 N–H and O–H groups in total. The Morgan fingerprint density at radius 3 is 2.57 bits per heavy atom. The number of aromatic nitrogens is 1. The summed E-state index contributed by atoms with van der Waals surface area (Å²) in [5, 5.41) is 0.915. The van der Waals surface area contributed by atoms with Gasteiger partial charge in [0.1, 0.15) is 17.1 Å². The Kier molecular flexibility index (Phi) is 5.04. The van der Waals surface area contributed by atoms with Crippen LogP contribution in [0.3, 0.4) is 0 Å². The molecule has 0 radical (unpaired) electrons. The van der Waals surface area contributed by atoms with Crippen molar-refractivity contribution in [3.05, 3.63) is 93.8 Å². The molecular weight excluding hydrogens is 464 g/mol. The lowest BCUT2D eigenvalue weighted by Gasteiger charge is -2.22. The molecule has 1 amide bonds. The molecule has 3 heterocycles. The van der Waals surface area contributed by atoms with Crippen molar-refractivity contribution in [2.45, 2.75) is 13.0 Å². The minimum absolute atomic E-state index is 0.0458. The third-order valence-corrected chi connectivity index (χ3v) is 7.09. The van der Waals surface area contributed by atoms with Crippen molar-refractivity contribution < 1.29 is 18.7 Å². The molecule has 3 aromatic carbocycles. The molecule has 2 aromatic heterocycles. The summed E-state index contributed by atoms with van der Waals surface area (Å²) in [6.07, 6.45) is 0. The van der Waals surface area contributed by atoms with Crippen LogP contribution in [0.2, 0.25) is 0 Å². The zero-order valence-electron chi connectivity index (χ0n) is 19.0. The number of methoxy groups -OCH3 is 1. The van der Waals surface area contributed by atoms with E-state index in [4.69, 9.17) is 18.9 Å². The predicted octanol–water partition coefficient (Wildman–Crippen LogP) is 5.56. The van der Waals surface area contributed by atoms with Crippen LogP contribution >= 0.6 is 11.3 Å². The second-order valence-electron chi connectivity index (χ2n) is 8.08. The average Bonchev–Trinajstić information content (AvgIpc) is 3.43. The van der Waals surface area contributed by atoms with E-state index < -0.39 is 11.9 Å². The molecule has 174 valence electrons. The number of rotatable bonds is 5. The Hall–Kier alpha value is -4.17. The summed E-state index contributed by atoms with van der Waals surface area (Å²) in [7, 11) is 1.60. The fourth-order valence-corrected chi connectivity index (χ4v) is 5.49. The van der Waals surface area contributed by atoms with E-state index in [1.807, 2.05) is 49.4 Å². The van der Waals surface area contributed by atoms with Crippen LogP contribution in [0, 0.1) is 0 Å². The van der Waals surface area contributed by atoms with E-state index in [2.05, 4.69) is 0 Å². The second-order valence-corrected chi connectivity index (χ2v) is 9.09. The molecule has 0 spiro atoms. The SMILES string of the molecule is CCOc1ccc(C2c3c(oc4ccccc4c3=O)C(=O)N2c2nc3ccc(OC)cc3s2)cc1. The second kappa shape index (κ2) is 8.25. The predicted molar refractivity (Wildman–Crippen MR) is 135 cm³/mol. The molecule has 8 heteroatoms. The van der Waals surface area contributed by atoms with Gasteiger partial charge in [-0.1, -0.05) is 35.6 Å². The van der Waals surface area contributed by atoms with Crippen LogP contribution in [-0.2, 0) is 0 Å². The maximum absolute atomic E-state index is 13.8. The highest BCUT2D eigenvalue weighted by Crippen LogP contribution is 2.44. The van der Waals surface area contributed by atoms with E-state index in [1.165, 1.54) is 11.3 Å². The maximum atomic E-state index is 13.8. The van der Waals surface area contributed by atoms with Gasteiger partial charge in [-0.25, -0.2) is 4.98 Å². The zero-order chi connectivity index (χ0) is 24.1. The Bertz CT molecular complexity index is 1650. The van der Waals surface area contributed by atoms with Crippen LogP contribution in [0.1, 0.15) is 34.6 Å². The highest BCUT2D eigenvalue weighted by Gasteiger charge is 2.45. The van der Waals surface area contributed by atoms with Gasteiger partial charge in [0.2, 0.25) is 5.76 Å². The van der Waals surface area contributed by atoms with E-state index in [-0.39, 0.29) is 11.2 Å². The summed E-state index contributed by atoms with van der Waals surface area (Å²) in [6, 6.07) is 19.3. The van der Waals surface area contributed by atoms with Crippen molar-refractivity contribution in [3.63, 3.8) is 0 Å². The number of thiazole rings is 1. The molecule has 0 saturated heterocycles. The van der Waals surface area contributed by atoms with Gasteiger partial charge in [0.05, 0.1) is 40.9 Å². The molecule has 1 atom stereocenters. The zero-order valence-corrected chi connectivity index (χ0v) is 19.8. The van der Waals surface area contributed by atoms with Crippen LogP contribution in [0.4, 0.5) is 5.13 Å². The van der Waals surface area contributed by atoms with E-state index in [0.29, 0.717) is 39.8 Å². The Morgan fingerprint density at radius 1 is 1.03 bits per heavy atom. The molecule has 6 rings (SSSR count). The van der Waals surface area contributed by atoms with Crippen molar-refractivity contribution in [1.82, 2.24) is 4.98 Å². The van der Waals surface area contributed by atoms with Gasteiger partial charge in [0.25, 0.3) is 5.91 Å². The Balaban J connectivity index is 1.58.